The number of piperazine rings is 1. The maximum Gasteiger partial charge on any atom is 0.319 e. The van der Waals surface area contributed by atoms with Crippen LogP contribution in [0.3, 0.4) is 0 Å². The molecule has 1 aromatic heterocycles. The summed E-state index contributed by atoms with van der Waals surface area (Å²) in [6.45, 7) is 2.05. The zero-order chi connectivity index (χ0) is 13.1. The van der Waals surface area contributed by atoms with Gasteiger partial charge in [0.05, 0.1) is 6.54 Å². The summed E-state index contributed by atoms with van der Waals surface area (Å²) in [5.74, 6) is 0.421. The minimum Gasteiger partial charge on any atom is -0.340 e. The SMILES string of the molecule is CC(=O)N1CCN(Cc2nccn2C(F)F)CC1. The topological polar surface area (TPSA) is 41.4 Å². The first-order valence-electron chi connectivity index (χ1n) is 5.85. The van der Waals surface area contributed by atoms with Gasteiger partial charge < -0.3 is 4.90 Å². The number of hydrogen-bond acceptors (Lipinski definition) is 3. The van der Waals surface area contributed by atoms with Crippen molar-refractivity contribution in [2.24, 2.45) is 0 Å². The Balaban J connectivity index is 1.91. The van der Waals surface area contributed by atoms with Gasteiger partial charge in [-0.3, -0.25) is 14.3 Å². The molecule has 1 saturated heterocycles. The van der Waals surface area contributed by atoms with E-state index in [4.69, 9.17) is 0 Å². The number of carbonyl (C=O) groups is 1. The van der Waals surface area contributed by atoms with Crippen molar-refractivity contribution in [2.45, 2.75) is 20.0 Å². The van der Waals surface area contributed by atoms with Crippen LogP contribution in [0.5, 0.6) is 0 Å². The third-order valence-corrected chi connectivity index (χ3v) is 3.14. The van der Waals surface area contributed by atoms with E-state index < -0.39 is 6.55 Å². The highest BCUT2D eigenvalue weighted by Crippen LogP contribution is 2.14. The lowest BCUT2D eigenvalue weighted by Crippen LogP contribution is -2.47. The quantitative estimate of drug-likeness (QED) is 0.810. The van der Waals surface area contributed by atoms with E-state index in [1.165, 1.54) is 12.4 Å². The third kappa shape index (κ3) is 2.84. The Kier molecular flexibility index (Phi) is 3.90. The first-order valence-corrected chi connectivity index (χ1v) is 5.85. The standard InChI is InChI=1S/C11H16F2N4O/c1-9(18)16-6-4-15(5-7-16)8-10-14-2-3-17(10)11(12)13/h2-3,11H,4-8H2,1H3. The number of hydrogen-bond donors (Lipinski definition) is 0. The molecule has 1 aliphatic rings. The zero-order valence-electron chi connectivity index (χ0n) is 10.2. The summed E-state index contributed by atoms with van der Waals surface area (Å²) in [6.07, 6.45) is 2.67. The predicted molar refractivity (Wildman–Crippen MR) is 61.0 cm³/mol. The Bertz CT molecular complexity index is 413. The lowest BCUT2D eigenvalue weighted by molar-refractivity contribution is -0.130. The van der Waals surface area contributed by atoms with Crippen LogP contribution in [-0.4, -0.2) is 51.4 Å². The number of halogens is 2. The summed E-state index contributed by atoms with van der Waals surface area (Å²) >= 11 is 0. The van der Waals surface area contributed by atoms with Gasteiger partial charge in [0.2, 0.25) is 5.91 Å². The molecule has 5 nitrogen and oxygen atoms in total. The highest BCUT2D eigenvalue weighted by atomic mass is 19.3. The van der Waals surface area contributed by atoms with Gasteiger partial charge in [-0.1, -0.05) is 0 Å². The summed E-state index contributed by atoms with van der Waals surface area (Å²) in [4.78, 5) is 18.9. The van der Waals surface area contributed by atoms with Gasteiger partial charge in [-0.2, -0.15) is 8.78 Å². The van der Waals surface area contributed by atoms with E-state index in [-0.39, 0.29) is 5.91 Å². The van der Waals surface area contributed by atoms with Crippen LogP contribution in [0.25, 0.3) is 0 Å². The third-order valence-electron chi connectivity index (χ3n) is 3.14. The molecule has 2 heterocycles. The van der Waals surface area contributed by atoms with Crippen LogP contribution in [0.2, 0.25) is 0 Å². The largest absolute Gasteiger partial charge is 0.340 e. The summed E-state index contributed by atoms with van der Waals surface area (Å²) in [5.41, 5.74) is 0. The van der Waals surface area contributed by atoms with Crippen molar-refractivity contribution < 1.29 is 13.6 Å². The Morgan fingerprint density at radius 3 is 2.61 bits per heavy atom. The van der Waals surface area contributed by atoms with Gasteiger partial charge in [0.15, 0.2) is 0 Å². The predicted octanol–water partition coefficient (Wildman–Crippen LogP) is 0.942. The van der Waals surface area contributed by atoms with Gasteiger partial charge >= 0.3 is 6.55 Å². The van der Waals surface area contributed by atoms with E-state index in [0.717, 1.165) is 4.57 Å². The molecule has 0 aromatic carbocycles. The highest BCUT2D eigenvalue weighted by Gasteiger charge is 2.20. The second-order valence-corrected chi connectivity index (χ2v) is 4.31. The average Bonchev–Trinajstić information content (AvgIpc) is 2.78. The maximum absolute atomic E-state index is 12.6. The number of alkyl halides is 2. The van der Waals surface area contributed by atoms with Crippen LogP contribution < -0.4 is 0 Å². The lowest BCUT2D eigenvalue weighted by Gasteiger charge is -2.33. The second kappa shape index (κ2) is 5.43. The van der Waals surface area contributed by atoms with Crippen molar-refractivity contribution in [1.29, 1.82) is 0 Å². The fourth-order valence-electron chi connectivity index (χ4n) is 2.06. The van der Waals surface area contributed by atoms with E-state index in [2.05, 4.69) is 4.98 Å². The van der Waals surface area contributed by atoms with Crippen LogP contribution >= 0.6 is 0 Å². The average molecular weight is 258 g/mol. The Hall–Kier alpha value is -1.50. The van der Waals surface area contributed by atoms with Crippen molar-refractivity contribution in [3.05, 3.63) is 18.2 Å². The minimum atomic E-state index is -2.55. The van der Waals surface area contributed by atoms with Crippen molar-refractivity contribution in [3.8, 4) is 0 Å². The van der Waals surface area contributed by atoms with Crippen molar-refractivity contribution in [1.82, 2.24) is 19.4 Å². The Labute approximate surface area is 104 Å². The molecule has 1 amide bonds. The van der Waals surface area contributed by atoms with Gasteiger partial charge in [0, 0.05) is 45.5 Å². The lowest BCUT2D eigenvalue weighted by atomic mass is 10.3. The van der Waals surface area contributed by atoms with Crippen molar-refractivity contribution in [2.75, 3.05) is 26.2 Å². The normalized spacial score (nSPS) is 17.4. The molecular formula is C11H16F2N4O. The molecule has 0 bridgehead atoms. The Morgan fingerprint density at radius 1 is 1.39 bits per heavy atom. The zero-order valence-corrected chi connectivity index (χ0v) is 10.2. The highest BCUT2D eigenvalue weighted by molar-refractivity contribution is 5.73. The van der Waals surface area contributed by atoms with Crippen LogP contribution in [-0.2, 0) is 11.3 Å². The molecule has 18 heavy (non-hydrogen) atoms. The van der Waals surface area contributed by atoms with Crippen molar-refractivity contribution >= 4 is 5.91 Å². The molecular weight excluding hydrogens is 242 g/mol. The second-order valence-electron chi connectivity index (χ2n) is 4.31. The van der Waals surface area contributed by atoms with Crippen molar-refractivity contribution in [3.63, 3.8) is 0 Å². The van der Waals surface area contributed by atoms with E-state index in [0.29, 0.717) is 38.5 Å². The minimum absolute atomic E-state index is 0.0590. The number of rotatable bonds is 3. The van der Waals surface area contributed by atoms with E-state index in [9.17, 15) is 13.6 Å². The molecule has 0 aliphatic carbocycles. The first-order chi connectivity index (χ1) is 8.58. The summed E-state index contributed by atoms with van der Waals surface area (Å²) in [7, 11) is 0. The molecule has 1 aromatic rings. The van der Waals surface area contributed by atoms with Gasteiger partial charge in [-0.25, -0.2) is 4.98 Å². The molecule has 0 N–H and O–H groups in total. The summed E-state index contributed by atoms with van der Waals surface area (Å²) in [5, 5.41) is 0. The fraction of sp³-hybridized carbons (Fsp3) is 0.636. The molecule has 100 valence electrons. The first kappa shape index (κ1) is 12.9. The summed E-state index contributed by atoms with van der Waals surface area (Å²) in [6, 6.07) is 0. The van der Waals surface area contributed by atoms with Crippen LogP contribution in [0.15, 0.2) is 12.4 Å². The van der Waals surface area contributed by atoms with Gasteiger partial charge in [0.25, 0.3) is 0 Å². The van der Waals surface area contributed by atoms with Gasteiger partial charge in [0.1, 0.15) is 5.82 Å². The number of amides is 1. The number of carbonyl (C=O) groups excluding carboxylic acids is 1. The fourth-order valence-corrected chi connectivity index (χ4v) is 2.06. The Morgan fingerprint density at radius 2 is 2.06 bits per heavy atom. The van der Waals surface area contributed by atoms with E-state index in [1.807, 2.05) is 4.90 Å². The van der Waals surface area contributed by atoms with Gasteiger partial charge in [-0.15, -0.1) is 0 Å². The smallest absolute Gasteiger partial charge is 0.319 e. The number of imidazole rings is 1. The molecule has 0 unspecified atom stereocenters. The molecule has 0 saturated carbocycles. The molecule has 1 aliphatic heterocycles. The number of nitrogens with zero attached hydrogens (tertiary/aromatic N) is 4. The van der Waals surface area contributed by atoms with Gasteiger partial charge in [-0.05, 0) is 0 Å². The van der Waals surface area contributed by atoms with Crippen LogP contribution in [0.4, 0.5) is 8.78 Å². The molecule has 2 rings (SSSR count). The molecule has 7 heteroatoms. The van der Waals surface area contributed by atoms with E-state index in [1.54, 1.807) is 11.8 Å². The molecule has 1 fully saturated rings. The maximum atomic E-state index is 12.6. The number of aromatic nitrogens is 2. The monoisotopic (exact) mass is 258 g/mol. The summed E-state index contributed by atoms with van der Waals surface area (Å²) < 4.78 is 26.1. The van der Waals surface area contributed by atoms with Crippen LogP contribution in [0, 0.1) is 0 Å². The molecule has 0 radical (unpaired) electrons. The van der Waals surface area contributed by atoms with E-state index >= 15 is 0 Å². The molecule has 0 spiro atoms. The van der Waals surface area contributed by atoms with Crippen LogP contribution in [0.1, 0.15) is 19.3 Å². The molecule has 0 atom stereocenters.